The number of aromatic amines is 1. The van der Waals surface area contributed by atoms with Crippen LogP contribution in [0.15, 0.2) is 53.1 Å². The summed E-state index contributed by atoms with van der Waals surface area (Å²) in [6.45, 7) is 0. The third-order valence-electron chi connectivity index (χ3n) is 3.20. The van der Waals surface area contributed by atoms with Crippen molar-refractivity contribution in [1.82, 2.24) is 4.98 Å². The standard InChI is InChI=1S/C16H11BrFNO/c17-11-3-1-2-10(6-11)7-16(20)14-9-19-15-5-4-12(18)8-13(14)15/h1-6,8-9,19H,7H2. The summed E-state index contributed by atoms with van der Waals surface area (Å²) in [4.78, 5) is 15.4. The van der Waals surface area contributed by atoms with E-state index in [9.17, 15) is 9.18 Å². The molecule has 0 saturated heterocycles. The highest BCUT2D eigenvalue weighted by Gasteiger charge is 2.13. The molecule has 0 amide bonds. The van der Waals surface area contributed by atoms with Crippen LogP contribution in [-0.2, 0) is 6.42 Å². The molecule has 3 aromatic rings. The summed E-state index contributed by atoms with van der Waals surface area (Å²) < 4.78 is 14.2. The minimum absolute atomic E-state index is 0.0278. The number of carbonyl (C=O) groups is 1. The molecule has 1 aromatic heterocycles. The molecule has 0 bridgehead atoms. The molecule has 2 nitrogen and oxygen atoms in total. The Balaban J connectivity index is 1.94. The minimum Gasteiger partial charge on any atom is -0.360 e. The highest BCUT2D eigenvalue weighted by atomic mass is 79.9. The number of ketones is 1. The topological polar surface area (TPSA) is 32.9 Å². The number of fused-ring (bicyclic) bond motifs is 1. The number of Topliss-reactive ketones (excluding diaryl/α,β-unsaturated/α-hetero) is 1. The Morgan fingerprint density at radius 3 is 2.85 bits per heavy atom. The Bertz CT molecular complexity index is 794. The highest BCUT2D eigenvalue weighted by Crippen LogP contribution is 2.21. The lowest BCUT2D eigenvalue weighted by Crippen LogP contribution is -2.02. The van der Waals surface area contributed by atoms with Gasteiger partial charge in [0.15, 0.2) is 5.78 Å². The quantitative estimate of drug-likeness (QED) is 0.704. The second-order valence-corrected chi connectivity index (χ2v) is 5.54. The van der Waals surface area contributed by atoms with Crippen LogP contribution in [0.3, 0.4) is 0 Å². The summed E-state index contributed by atoms with van der Waals surface area (Å²) >= 11 is 3.38. The summed E-state index contributed by atoms with van der Waals surface area (Å²) in [7, 11) is 0. The molecular weight excluding hydrogens is 321 g/mol. The van der Waals surface area contributed by atoms with E-state index >= 15 is 0 Å². The first-order valence-corrected chi connectivity index (χ1v) is 6.97. The maximum Gasteiger partial charge on any atom is 0.169 e. The Labute approximate surface area is 123 Å². The third-order valence-corrected chi connectivity index (χ3v) is 3.69. The Morgan fingerprint density at radius 2 is 2.05 bits per heavy atom. The summed E-state index contributed by atoms with van der Waals surface area (Å²) in [5.74, 6) is -0.367. The normalized spacial score (nSPS) is 10.9. The highest BCUT2D eigenvalue weighted by molar-refractivity contribution is 9.10. The molecule has 0 aliphatic heterocycles. The maximum absolute atomic E-state index is 13.3. The molecule has 20 heavy (non-hydrogen) atoms. The predicted octanol–water partition coefficient (Wildman–Crippen LogP) is 4.49. The lowest BCUT2D eigenvalue weighted by molar-refractivity contribution is 0.0994. The summed E-state index contributed by atoms with van der Waals surface area (Å²) in [6.07, 6.45) is 1.94. The number of rotatable bonds is 3. The van der Waals surface area contributed by atoms with Gasteiger partial charge in [0.2, 0.25) is 0 Å². The van der Waals surface area contributed by atoms with Crippen molar-refractivity contribution in [2.24, 2.45) is 0 Å². The minimum atomic E-state index is -0.339. The fourth-order valence-corrected chi connectivity index (χ4v) is 2.70. The van der Waals surface area contributed by atoms with Crippen LogP contribution in [0.2, 0.25) is 0 Å². The van der Waals surface area contributed by atoms with Crippen LogP contribution >= 0.6 is 15.9 Å². The van der Waals surface area contributed by atoms with Crippen molar-refractivity contribution in [2.75, 3.05) is 0 Å². The lowest BCUT2D eigenvalue weighted by Gasteiger charge is -2.01. The van der Waals surface area contributed by atoms with Crippen molar-refractivity contribution in [2.45, 2.75) is 6.42 Å². The van der Waals surface area contributed by atoms with E-state index in [0.717, 1.165) is 15.6 Å². The van der Waals surface area contributed by atoms with E-state index in [1.54, 1.807) is 12.3 Å². The van der Waals surface area contributed by atoms with E-state index < -0.39 is 0 Å². The first kappa shape index (κ1) is 13.1. The predicted molar refractivity (Wildman–Crippen MR) is 80.4 cm³/mol. The molecule has 0 unspecified atom stereocenters. The zero-order chi connectivity index (χ0) is 14.1. The van der Waals surface area contributed by atoms with Gasteiger partial charge < -0.3 is 4.98 Å². The molecule has 0 atom stereocenters. The first-order valence-electron chi connectivity index (χ1n) is 6.18. The summed E-state index contributed by atoms with van der Waals surface area (Å²) in [5, 5.41) is 0.630. The average molecular weight is 332 g/mol. The van der Waals surface area contributed by atoms with Gasteiger partial charge in [-0.1, -0.05) is 28.1 Å². The second kappa shape index (κ2) is 5.21. The molecular formula is C16H11BrFNO. The van der Waals surface area contributed by atoms with Crippen LogP contribution < -0.4 is 0 Å². The smallest absolute Gasteiger partial charge is 0.169 e. The van der Waals surface area contributed by atoms with Crippen molar-refractivity contribution in [3.63, 3.8) is 0 Å². The molecule has 0 fully saturated rings. The molecule has 0 aliphatic rings. The first-order chi connectivity index (χ1) is 9.63. The summed E-state index contributed by atoms with van der Waals surface area (Å²) in [5.41, 5.74) is 2.22. The van der Waals surface area contributed by atoms with E-state index in [2.05, 4.69) is 20.9 Å². The van der Waals surface area contributed by atoms with Crippen molar-refractivity contribution in [3.05, 3.63) is 70.1 Å². The fourth-order valence-electron chi connectivity index (χ4n) is 2.25. The second-order valence-electron chi connectivity index (χ2n) is 4.62. The third kappa shape index (κ3) is 2.51. The zero-order valence-electron chi connectivity index (χ0n) is 10.5. The molecule has 0 radical (unpaired) electrons. The summed E-state index contributed by atoms with van der Waals surface area (Å²) in [6, 6.07) is 12.0. The molecule has 100 valence electrons. The Kier molecular flexibility index (Phi) is 3.40. The van der Waals surface area contributed by atoms with E-state index in [-0.39, 0.29) is 11.6 Å². The van der Waals surface area contributed by atoms with Crippen molar-refractivity contribution >= 4 is 32.6 Å². The number of H-pyrrole nitrogens is 1. The van der Waals surface area contributed by atoms with Crippen LogP contribution in [0.25, 0.3) is 10.9 Å². The number of benzene rings is 2. The van der Waals surface area contributed by atoms with E-state index in [1.165, 1.54) is 12.1 Å². The van der Waals surface area contributed by atoms with E-state index in [1.807, 2.05) is 24.3 Å². The lowest BCUT2D eigenvalue weighted by atomic mass is 10.0. The molecule has 4 heteroatoms. The van der Waals surface area contributed by atoms with Gasteiger partial charge in [-0.2, -0.15) is 0 Å². The number of hydrogen-bond donors (Lipinski definition) is 1. The van der Waals surface area contributed by atoms with Crippen LogP contribution in [0.5, 0.6) is 0 Å². The van der Waals surface area contributed by atoms with Gasteiger partial charge in [0.1, 0.15) is 5.82 Å². The van der Waals surface area contributed by atoms with Gasteiger partial charge in [-0.25, -0.2) is 4.39 Å². The van der Waals surface area contributed by atoms with Gasteiger partial charge in [0.25, 0.3) is 0 Å². The van der Waals surface area contributed by atoms with Gasteiger partial charge in [0, 0.05) is 33.6 Å². The van der Waals surface area contributed by atoms with Crippen LogP contribution in [-0.4, -0.2) is 10.8 Å². The number of aromatic nitrogens is 1. The molecule has 0 aliphatic carbocycles. The Hall–Kier alpha value is -1.94. The molecule has 3 rings (SSSR count). The van der Waals surface area contributed by atoms with E-state index in [0.29, 0.717) is 17.4 Å². The monoisotopic (exact) mass is 331 g/mol. The van der Waals surface area contributed by atoms with Crippen LogP contribution in [0.4, 0.5) is 4.39 Å². The van der Waals surface area contributed by atoms with Gasteiger partial charge in [-0.05, 0) is 35.9 Å². The van der Waals surface area contributed by atoms with Crippen molar-refractivity contribution in [1.29, 1.82) is 0 Å². The SMILES string of the molecule is O=C(Cc1cccc(Br)c1)c1c[nH]c2ccc(F)cc12. The maximum atomic E-state index is 13.3. The fraction of sp³-hybridized carbons (Fsp3) is 0.0625. The van der Waals surface area contributed by atoms with Gasteiger partial charge in [-0.15, -0.1) is 0 Å². The van der Waals surface area contributed by atoms with Crippen LogP contribution in [0, 0.1) is 5.82 Å². The van der Waals surface area contributed by atoms with Gasteiger partial charge >= 0.3 is 0 Å². The Morgan fingerprint density at radius 1 is 1.20 bits per heavy atom. The number of nitrogens with one attached hydrogen (secondary N) is 1. The molecule has 2 aromatic carbocycles. The number of carbonyl (C=O) groups excluding carboxylic acids is 1. The largest absolute Gasteiger partial charge is 0.360 e. The van der Waals surface area contributed by atoms with Crippen molar-refractivity contribution in [3.8, 4) is 0 Å². The van der Waals surface area contributed by atoms with Crippen LogP contribution in [0.1, 0.15) is 15.9 Å². The number of hydrogen-bond acceptors (Lipinski definition) is 1. The van der Waals surface area contributed by atoms with Gasteiger partial charge in [0.05, 0.1) is 0 Å². The zero-order valence-corrected chi connectivity index (χ0v) is 12.1. The number of halogens is 2. The van der Waals surface area contributed by atoms with Gasteiger partial charge in [-0.3, -0.25) is 4.79 Å². The van der Waals surface area contributed by atoms with E-state index in [4.69, 9.17) is 0 Å². The molecule has 0 spiro atoms. The van der Waals surface area contributed by atoms with Crippen molar-refractivity contribution < 1.29 is 9.18 Å². The molecule has 1 N–H and O–H groups in total. The molecule has 1 heterocycles. The molecule has 0 saturated carbocycles. The average Bonchev–Trinajstić information content (AvgIpc) is 2.81.